The molecule has 0 spiro atoms. The predicted octanol–water partition coefficient (Wildman–Crippen LogP) is 2.98. The van der Waals surface area contributed by atoms with Gasteiger partial charge in [-0.1, -0.05) is 18.2 Å². The van der Waals surface area contributed by atoms with Crippen molar-refractivity contribution in [2.24, 2.45) is 5.73 Å². The zero-order valence-electron chi connectivity index (χ0n) is 18.3. The van der Waals surface area contributed by atoms with Crippen molar-refractivity contribution < 1.29 is 18.7 Å². The van der Waals surface area contributed by atoms with Gasteiger partial charge in [0.1, 0.15) is 24.2 Å². The number of halogens is 1. The molecule has 2 aromatic rings. The first-order chi connectivity index (χ1) is 15.0. The van der Waals surface area contributed by atoms with Gasteiger partial charge in [0.05, 0.1) is 13.2 Å². The van der Waals surface area contributed by atoms with Gasteiger partial charge < -0.3 is 20.1 Å². The summed E-state index contributed by atoms with van der Waals surface area (Å²) in [6.45, 7) is 6.15. The minimum atomic E-state index is -0.273. The lowest BCUT2D eigenvalue weighted by molar-refractivity contribution is 0.0276. The maximum atomic E-state index is 13.2. The standard InChI is InChI=1S/C24H30FN3O3/c1-17-13-27(16-31-23-9-6-19(10-11-26)12-24(23)30-3)18(2)22(15-29)28(17)14-20-4-7-21(25)8-5-20/h4-9,12,17-18H,10-11,13-14,16,26H2,1-3H3/t17-,18+/m0/s1. The number of nitrogens with zero attached hydrogens (tertiary/aromatic N) is 2. The molecular weight excluding hydrogens is 397 g/mol. The van der Waals surface area contributed by atoms with E-state index in [2.05, 4.69) is 17.8 Å². The van der Waals surface area contributed by atoms with Gasteiger partial charge in [-0.2, -0.15) is 0 Å². The average Bonchev–Trinajstić information content (AvgIpc) is 2.77. The molecule has 0 aliphatic carbocycles. The van der Waals surface area contributed by atoms with Gasteiger partial charge in [0.15, 0.2) is 11.5 Å². The first-order valence-electron chi connectivity index (χ1n) is 10.5. The third kappa shape index (κ3) is 5.44. The zero-order valence-corrected chi connectivity index (χ0v) is 18.3. The average molecular weight is 428 g/mol. The molecule has 0 amide bonds. The number of methoxy groups -OCH3 is 1. The highest BCUT2D eigenvalue weighted by Gasteiger charge is 2.34. The van der Waals surface area contributed by atoms with Crippen LogP contribution in [0, 0.1) is 5.82 Å². The van der Waals surface area contributed by atoms with E-state index in [9.17, 15) is 9.18 Å². The van der Waals surface area contributed by atoms with E-state index < -0.39 is 0 Å². The second-order valence-electron chi connectivity index (χ2n) is 7.84. The number of hydrogen-bond acceptors (Lipinski definition) is 6. The Morgan fingerprint density at radius 1 is 1.13 bits per heavy atom. The number of hydrogen-bond donors (Lipinski definition) is 1. The van der Waals surface area contributed by atoms with Crippen LogP contribution in [0.4, 0.5) is 4.39 Å². The molecule has 3 rings (SSSR count). The van der Waals surface area contributed by atoms with E-state index in [1.807, 2.05) is 30.0 Å². The Hall–Kier alpha value is -2.86. The van der Waals surface area contributed by atoms with Crippen molar-refractivity contribution in [2.75, 3.05) is 26.9 Å². The summed E-state index contributed by atoms with van der Waals surface area (Å²) in [4.78, 5) is 16.0. The maximum absolute atomic E-state index is 13.2. The number of rotatable bonds is 8. The normalized spacial score (nSPS) is 19.3. The van der Waals surface area contributed by atoms with E-state index in [0.29, 0.717) is 43.6 Å². The molecular formula is C24H30FN3O3. The third-order valence-electron chi connectivity index (χ3n) is 5.70. The summed E-state index contributed by atoms with van der Waals surface area (Å²) in [5.41, 5.74) is 8.24. The molecule has 6 nitrogen and oxygen atoms in total. The smallest absolute Gasteiger partial charge is 0.163 e. The quantitative estimate of drug-likeness (QED) is 0.654. The van der Waals surface area contributed by atoms with Crippen molar-refractivity contribution >= 4 is 5.94 Å². The molecule has 1 fully saturated rings. The molecule has 1 heterocycles. The van der Waals surface area contributed by atoms with Gasteiger partial charge in [0.25, 0.3) is 0 Å². The van der Waals surface area contributed by atoms with Gasteiger partial charge in [-0.15, -0.1) is 0 Å². The van der Waals surface area contributed by atoms with Crippen molar-refractivity contribution in [3.63, 3.8) is 0 Å². The minimum absolute atomic E-state index is 0.0649. The van der Waals surface area contributed by atoms with Crippen LogP contribution < -0.4 is 15.2 Å². The summed E-state index contributed by atoms with van der Waals surface area (Å²) in [6, 6.07) is 12.1. The first kappa shape index (κ1) is 22.8. The van der Waals surface area contributed by atoms with Gasteiger partial charge in [0.2, 0.25) is 0 Å². The number of piperazine rings is 1. The molecule has 1 aliphatic heterocycles. The highest BCUT2D eigenvalue weighted by molar-refractivity contribution is 5.54. The molecule has 0 radical (unpaired) electrons. The number of benzene rings is 2. The largest absolute Gasteiger partial charge is 0.493 e. The fourth-order valence-corrected chi connectivity index (χ4v) is 3.89. The third-order valence-corrected chi connectivity index (χ3v) is 5.70. The van der Waals surface area contributed by atoms with E-state index in [-0.39, 0.29) is 17.9 Å². The molecule has 2 atom stereocenters. The monoisotopic (exact) mass is 427 g/mol. The molecule has 1 saturated heterocycles. The molecule has 166 valence electrons. The van der Waals surface area contributed by atoms with Gasteiger partial charge >= 0.3 is 0 Å². The first-order valence-corrected chi connectivity index (χ1v) is 10.5. The summed E-state index contributed by atoms with van der Waals surface area (Å²) >= 11 is 0. The highest BCUT2D eigenvalue weighted by Crippen LogP contribution is 2.30. The van der Waals surface area contributed by atoms with Gasteiger partial charge in [0, 0.05) is 19.1 Å². The molecule has 1 aliphatic rings. The van der Waals surface area contributed by atoms with Gasteiger partial charge in [-0.05, 0) is 62.2 Å². The van der Waals surface area contributed by atoms with Crippen molar-refractivity contribution in [1.82, 2.24) is 9.80 Å². The Balaban J connectivity index is 1.69. The molecule has 2 N–H and O–H groups in total. The van der Waals surface area contributed by atoms with Crippen LogP contribution in [-0.4, -0.2) is 54.8 Å². The van der Waals surface area contributed by atoms with Crippen molar-refractivity contribution in [1.29, 1.82) is 0 Å². The Kier molecular flexibility index (Phi) is 7.69. The van der Waals surface area contributed by atoms with Crippen LogP contribution in [-0.2, 0) is 17.8 Å². The fourth-order valence-electron chi connectivity index (χ4n) is 3.89. The molecule has 0 bridgehead atoms. The van der Waals surface area contributed by atoms with Gasteiger partial charge in [-0.3, -0.25) is 4.90 Å². The van der Waals surface area contributed by atoms with E-state index in [4.69, 9.17) is 15.2 Å². The van der Waals surface area contributed by atoms with Crippen LogP contribution in [0.5, 0.6) is 11.5 Å². The fraction of sp³-hybridized carbons (Fsp3) is 0.417. The van der Waals surface area contributed by atoms with Gasteiger partial charge in [-0.25, -0.2) is 9.18 Å². The topological polar surface area (TPSA) is 68.0 Å². The molecule has 7 heteroatoms. The lowest BCUT2D eigenvalue weighted by Gasteiger charge is -2.45. The maximum Gasteiger partial charge on any atom is 0.163 e. The Labute approximate surface area is 183 Å². The SMILES string of the molecule is COc1cc(CCN)ccc1OCN1C[C@H](C)N(Cc2ccc(F)cc2)C(=C=O)[C@H]1C. The van der Waals surface area contributed by atoms with Crippen LogP contribution in [0.3, 0.4) is 0 Å². The van der Waals surface area contributed by atoms with Crippen molar-refractivity contribution in [2.45, 2.75) is 38.9 Å². The molecule has 31 heavy (non-hydrogen) atoms. The van der Waals surface area contributed by atoms with Crippen LogP contribution in [0.1, 0.15) is 25.0 Å². The van der Waals surface area contributed by atoms with E-state index in [1.165, 1.54) is 12.1 Å². The Morgan fingerprint density at radius 2 is 1.84 bits per heavy atom. The second kappa shape index (κ2) is 10.4. The molecule has 0 aromatic heterocycles. The predicted molar refractivity (Wildman–Crippen MR) is 118 cm³/mol. The number of ether oxygens (including phenoxy) is 2. The number of carbonyl (C=O) groups excluding carboxylic acids is 1. The Morgan fingerprint density at radius 3 is 2.48 bits per heavy atom. The summed E-state index contributed by atoms with van der Waals surface area (Å²) in [5, 5.41) is 0. The summed E-state index contributed by atoms with van der Waals surface area (Å²) < 4.78 is 24.7. The minimum Gasteiger partial charge on any atom is -0.493 e. The molecule has 0 saturated carbocycles. The van der Waals surface area contributed by atoms with Crippen LogP contribution in [0.25, 0.3) is 0 Å². The lowest BCUT2D eigenvalue weighted by atomic mass is 10.0. The van der Waals surface area contributed by atoms with Crippen LogP contribution in [0.2, 0.25) is 0 Å². The van der Waals surface area contributed by atoms with E-state index in [1.54, 1.807) is 19.2 Å². The summed E-state index contributed by atoms with van der Waals surface area (Å²) in [6.07, 6.45) is 0.773. The summed E-state index contributed by atoms with van der Waals surface area (Å²) in [5.74, 6) is 3.16. The highest BCUT2D eigenvalue weighted by atomic mass is 19.1. The zero-order chi connectivity index (χ0) is 22.4. The molecule has 0 unspecified atom stereocenters. The Bertz CT molecular complexity index is 928. The van der Waals surface area contributed by atoms with E-state index in [0.717, 1.165) is 17.5 Å². The van der Waals surface area contributed by atoms with Crippen molar-refractivity contribution in [3.8, 4) is 11.5 Å². The van der Waals surface area contributed by atoms with Crippen LogP contribution >= 0.6 is 0 Å². The molecule has 2 aromatic carbocycles. The second-order valence-corrected chi connectivity index (χ2v) is 7.84. The van der Waals surface area contributed by atoms with Crippen LogP contribution in [0.15, 0.2) is 48.2 Å². The summed E-state index contributed by atoms with van der Waals surface area (Å²) in [7, 11) is 1.61. The number of nitrogens with two attached hydrogens (primary N) is 1. The lowest BCUT2D eigenvalue weighted by Crippen LogP contribution is -2.55. The van der Waals surface area contributed by atoms with E-state index >= 15 is 0 Å². The van der Waals surface area contributed by atoms with Crippen molar-refractivity contribution in [3.05, 3.63) is 65.1 Å².